The number of hydrogen-bond acceptors (Lipinski definition) is 3. The molecule has 24 heavy (non-hydrogen) atoms. The number of halogens is 2. The van der Waals surface area contributed by atoms with Crippen LogP contribution < -0.4 is 15.5 Å². The summed E-state index contributed by atoms with van der Waals surface area (Å²) in [6, 6.07) is 12.3. The Hall–Kier alpha value is -1.89. The molecule has 7 heteroatoms. The van der Waals surface area contributed by atoms with E-state index < -0.39 is 5.82 Å². The second kappa shape index (κ2) is 7.79. The van der Waals surface area contributed by atoms with Gasteiger partial charge in [-0.15, -0.1) is 0 Å². The topological polar surface area (TPSA) is 36.5 Å². The molecule has 1 aliphatic rings. The van der Waals surface area contributed by atoms with Gasteiger partial charge < -0.3 is 20.3 Å². The number of nitrogens with one attached hydrogen (secondary N) is 2. The van der Waals surface area contributed by atoms with Gasteiger partial charge >= 0.3 is 0 Å². The van der Waals surface area contributed by atoms with Crippen LogP contribution in [-0.4, -0.2) is 31.4 Å². The fraction of sp³-hybridized carbons (Fsp3) is 0.235. The maximum Gasteiger partial charge on any atom is 0.175 e. The van der Waals surface area contributed by atoms with Gasteiger partial charge in [0, 0.05) is 18.8 Å². The molecule has 0 aliphatic carbocycles. The van der Waals surface area contributed by atoms with Gasteiger partial charge in [0.1, 0.15) is 5.82 Å². The lowest BCUT2D eigenvalue weighted by atomic mass is 10.2. The van der Waals surface area contributed by atoms with Gasteiger partial charge in [-0.1, -0.05) is 23.7 Å². The Morgan fingerprint density at radius 3 is 2.62 bits per heavy atom. The molecule has 2 aromatic carbocycles. The van der Waals surface area contributed by atoms with E-state index in [1.54, 1.807) is 6.07 Å². The van der Waals surface area contributed by atoms with E-state index in [0.29, 0.717) is 24.0 Å². The van der Waals surface area contributed by atoms with Crippen molar-refractivity contribution in [3.05, 3.63) is 53.3 Å². The SMILES string of the molecule is Fc1ccc(NC(=S)Nc2ccccc2N2CCOCC2)cc1Cl. The van der Waals surface area contributed by atoms with Gasteiger partial charge in [0.25, 0.3) is 0 Å². The van der Waals surface area contributed by atoms with Crippen LogP contribution in [0.25, 0.3) is 0 Å². The van der Waals surface area contributed by atoms with Gasteiger partial charge in [-0.2, -0.15) is 0 Å². The molecule has 0 aromatic heterocycles. The minimum atomic E-state index is -0.459. The van der Waals surface area contributed by atoms with Crippen LogP contribution in [0.1, 0.15) is 0 Å². The summed E-state index contributed by atoms with van der Waals surface area (Å²) in [5.74, 6) is -0.459. The minimum Gasteiger partial charge on any atom is -0.378 e. The van der Waals surface area contributed by atoms with Crippen LogP contribution in [0.3, 0.4) is 0 Å². The van der Waals surface area contributed by atoms with E-state index in [1.807, 2.05) is 24.3 Å². The number of ether oxygens (including phenoxy) is 1. The van der Waals surface area contributed by atoms with Crippen molar-refractivity contribution in [2.24, 2.45) is 0 Å². The Morgan fingerprint density at radius 2 is 1.88 bits per heavy atom. The zero-order valence-corrected chi connectivity index (χ0v) is 14.5. The largest absolute Gasteiger partial charge is 0.378 e. The highest BCUT2D eigenvalue weighted by Crippen LogP contribution is 2.27. The van der Waals surface area contributed by atoms with Crippen LogP contribution in [0.5, 0.6) is 0 Å². The Labute approximate surface area is 150 Å². The monoisotopic (exact) mass is 365 g/mol. The first kappa shape index (κ1) is 17.0. The molecule has 2 N–H and O–H groups in total. The normalized spacial score (nSPS) is 14.3. The quantitative estimate of drug-likeness (QED) is 0.800. The first-order valence-electron chi connectivity index (χ1n) is 7.58. The summed E-state index contributed by atoms with van der Waals surface area (Å²) in [4.78, 5) is 2.25. The van der Waals surface area contributed by atoms with E-state index >= 15 is 0 Å². The Balaban J connectivity index is 1.71. The Morgan fingerprint density at radius 1 is 1.12 bits per heavy atom. The Bertz CT molecular complexity index is 738. The molecule has 1 heterocycles. The molecule has 126 valence electrons. The lowest BCUT2D eigenvalue weighted by Crippen LogP contribution is -2.36. The molecule has 4 nitrogen and oxygen atoms in total. The number of rotatable bonds is 3. The summed E-state index contributed by atoms with van der Waals surface area (Å²) in [5.41, 5.74) is 2.61. The van der Waals surface area contributed by atoms with Crippen molar-refractivity contribution in [3.63, 3.8) is 0 Å². The van der Waals surface area contributed by atoms with E-state index in [1.165, 1.54) is 12.1 Å². The zero-order valence-electron chi connectivity index (χ0n) is 12.9. The van der Waals surface area contributed by atoms with Gasteiger partial charge in [-0.05, 0) is 42.5 Å². The molecular formula is C17H17ClFN3OS. The lowest BCUT2D eigenvalue weighted by molar-refractivity contribution is 0.123. The number of thiocarbonyl (C=S) groups is 1. The highest BCUT2D eigenvalue weighted by atomic mass is 35.5. The van der Waals surface area contributed by atoms with Crippen LogP contribution in [0, 0.1) is 5.82 Å². The predicted octanol–water partition coefficient (Wildman–Crippen LogP) is 4.12. The predicted molar refractivity (Wildman–Crippen MR) is 101 cm³/mol. The maximum absolute atomic E-state index is 13.2. The highest BCUT2D eigenvalue weighted by Gasteiger charge is 2.15. The number of nitrogens with zero attached hydrogens (tertiary/aromatic N) is 1. The molecule has 0 unspecified atom stereocenters. The molecule has 2 aromatic rings. The van der Waals surface area contributed by atoms with Crippen LogP contribution in [-0.2, 0) is 4.74 Å². The second-order valence-electron chi connectivity index (χ2n) is 5.32. The molecule has 0 amide bonds. The van der Waals surface area contributed by atoms with Gasteiger partial charge in [0.05, 0.1) is 29.6 Å². The molecule has 0 bridgehead atoms. The third kappa shape index (κ3) is 4.14. The molecule has 1 fully saturated rings. The minimum absolute atomic E-state index is 0.0523. The number of benzene rings is 2. The van der Waals surface area contributed by atoms with Gasteiger partial charge in [-0.25, -0.2) is 4.39 Å². The Kier molecular flexibility index (Phi) is 5.50. The molecule has 1 aliphatic heterocycles. The van der Waals surface area contributed by atoms with Crippen molar-refractivity contribution >= 4 is 46.0 Å². The molecule has 0 radical (unpaired) electrons. The summed E-state index contributed by atoms with van der Waals surface area (Å²) in [6.07, 6.45) is 0. The van der Waals surface area contributed by atoms with Crippen molar-refractivity contribution in [2.75, 3.05) is 41.8 Å². The summed E-state index contributed by atoms with van der Waals surface area (Å²) in [7, 11) is 0. The number of morpholine rings is 1. The van der Waals surface area contributed by atoms with Crippen molar-refractivity contribution < 1.29 is 9.13 Å². The molecular weight excluding hydrogens is 349 g/mol. The van der Waals surface area contributed by atoms with Gasteiger partial charge in [-0.3, -0.25) is 0 Å². The lowest BCUT2D eigenvalue weighted by Gasteiger charge is -2.30. The van der Waals surface area contributed by atoms with Crippen molar-refractivity contribution in [1.82, 2.24) is 0 Å². The summed E-state index contributed by atoms with van der Waals surface area (Å²) >= 11 is 11.1. The van der Waals surface area contributed by atoms with E-state index in [0.717, 1.165) is 24.5 Å². The average Bonchev–Trinajstić information content (AvgIpc) is 2.59. The van der Waals surface area contributed by atoms with Crippen molar-refractivity contribution in [2.45, 2.75) is 0 Å². The fourth-order valence-corrected chi connectivity index (χ4v) is 2.93. The maximum atomic E-state index is 13.2. The van der Waals surface area contributed by atoms with E-state index in [2.05, 4.69) is 15.5 Å². The molecule has 0 spiro atoms. The smallest absolute Gasteiger partial charge is 0.175 e. The number of hydrogen-bond donors (Lipinski definition) is 2. The van der Waals surface area contributed by atoms with Gasteiger partial charge in [0.15, 0.2) is 5.11 Å². The third-order valence-electron chi connectivity index (χ3n) is 3.68. The van der Waals surface area contributed by atoms with Crippen LogP contribution >= 0.6 is 23.8 Å². The average molecular weight is 366 g/mol. The summed E-state index contributed by atoms with van der Waals surface area (Å²) < 4.78 is 18.6. The van der Waals surface area contributed by atoms with Crippen molar-refractivity contribution in [3.8, 4) is 0 Å². The molecule has 3 rings (SSSR count). The number of anilines is 3. The van der Waals surface area contributed by atoms with E-state index in [4.69, 9.17) is 28.6 Å². The van der Waals surface area contributed by atoms with E-state index in [-0.39, 0.29) is 5.02 Å². The third-order valence-corrected chi connectivity index (χ3v) is 4.18. The first-order valence-corrected chi connectivity index (χ1v) is 8.37. The highest BCUT2D eigenvalue weighted by molar-refractivity contribution is 7.80. The zero-order chi connectivity index (χ0) is 16.9. The molecule has 0 atom stereocenters. The van der Waals surface area contributed by atoms with Crippen LogP contribution in [0.2, 0.25) is 5.02 Å². The van der Waals surface area contributed by atoms with Crippen molar-refractivity contribution in [1.29, 1.82) is 0 Å². The number of para-hydroxylation sites is 2. The first-order chi connectivity index (χ1) is 11.6. The standard InChI is InChI=1S/C17H17ClFN3OS/c18-13-11-12(5-6-14(13)19)20-17(24)21-15-3-1-2-4-16(15)22-7-9-23-10-8-22/h1-6,11H,7-10H2,(H2,20,21,24). The molecule has 0 saturated carbocycles. The van der Waals surface area contributed by atoms with E-state index in [9.17, 15) is 4.39 Å². The second-order valence-corrected chi connectivity index (χ2v) is 6.14. The summed E-state index contributed by atoms with van der Waals surface area (Å²) in [6.45, 7) is 3.11. The van der Waals surface area contributed by atoms with Crippen LogP contribution in [0.15, 0.2) is 42.5 Å². The van der Waals surface area contributed by atoms with Gasteiger partial charge in [0.2, 0.25) is 0 Å². The fourth-order valence-electron chi connectivity index (χ4n) is 2.52. The van der Waals surface area contributed by atoms with Crippen LogP contribution in [0.4, 0.5) is 21.5 Å². The summed E-state index contributed by atoms with van der Waals surface area (Å²) in [5, 5.41) is 6.67. The molecule has 1 saturated heterocycles.